The maximum absolute atomic E-state index is 5.33. The zero-order valence-electron chi connectivity index (χ0n) is 10.8. The van der Waals surface area contributed by atoms with Crippen LogP contribution in [0.3, 0.4) is 0 Å². The number of halogens is 1. The first kappa shape index (κ1) is 13.3. The van der Waals surface area contributed by atoms with Crippen LogP contribution in [0.1, 0.15) is 0 Å². The summed E-state index contributed by atoms with van der Waals surface area (Å²) in [6.45, 7) is 3.10. The molecule has 1 aromatic carbocycles. The zero-order chi connectivity index (χ0) is 13.8. The van der Waals surface area contributed by atoms with Gasteiger partial charge in [0.2, 0.25) is 5.95 Å². The molecular weight excluding hydrogens is 322 g/mol. The fourth-order valence-electron chi connectivity index (χ4n) is 1.99. The number of hydrogen-bond donors (Lipinski definition) is 1. The number of anilines is 3. The van der Waals surface area contributed by atoms with Crippen LogP contribution in [-0.2, 0) is 4.74 Å². The summed E-state index contributed by atoms with van der Waals surface area (Å²) in [5.74, 6) is 1.31. The third-order valence-electron chi connectivity index (χ3n) is 2.96. The Hall–Kier alpha value is -1.73. The van der Waals surface area contributed by atoms with Crippen molar-refractivity contribution in [3.63, 3.8) is 0 Å². The summed E-state index contributed by atoms with van der Waals surface area (Å²) in [5, 5.41) is 11.2. The molecule has 1 fully saturated rings. The minimum atomic E-state index is 0.493. The minimum absolute atomic E-state index is 0.493. The maximum Gasteiger partial charge on any atom is 0.249 e. The van der Waals surface area contributed by atoms with E-state index < -0.39 is 0 Å². The van der Waals surface area contributed by atoms with Crippen molar-refractivity contribution in [3.05, 3.63) is 34.9 Å². The average molecular weight is 336 g/mol. The highest BCUT2D eigenvalue weighted by molar-refractivity contribution is 9.10. The molecule has 0 bridgehead atoms. The van der Waals surface area contributed by atoms with Gasteiger partial charge in [0, 0.05) is 23.2 Å². The van der Waals surface area contributed by atoms with Crippen molar-refractivity contribution in [1.29, 1.82) is 0 Å². The third kappa shape index (κ3) is 3.23. The number of morpholine rings is 1. The van der Waals surface area contributed by atoms with Crippen LogP contribution in [0.25, 0.3) is 0 Å². The number of nitrogens with zero attached hydrogens (tertiary/aromatic N) is 4. The van der Waals surface area contributed by atoms with Crippen molar-refractivity contribution >= 4 is 33.4 Å². The standard InChI is InChI=1S/C13H14BrN5O/c14-10-2-1-3-11(8-10)16-13-17-12(9-15-18-13)19-4-6-20-7-5-19/h1-3,8-9H,4-7H2,(H,16,17,18). The molecule has 0 amide bonds. The van der Waals surface area contributed by atoms with Crippen LogP contribution in [0.15, 0.2) is 34.9 Å². The lowest BCUT2D eigenvalue weighted by Gasteiger charge is -2.27. The van der Waals surface area contributed by atoms with Crippen LogP contribution in [-0.4, -0.2) is 41.5 Å². The molecule has 0 radical (unpaired) electrons. The van der Waals surface area contributed by atoms with Crippen LogP contribution < -0.4 is 10.2 Å². The van der Waals surface area contributed by atoms with Crippen molar-refractivity contribution < 1.29 is 4.74 Å². The molecule has 1 aromatic heterocycles. The van der Waals surface area contributed by atoms with Gasteiger partial charge in [-0.05, 0) is 18.2 Å². The molecular formula is C13H14BrN5O. The van der Waals surface area contributed by atoms with E-state index in [1.165, 1.54) is 0 Å². The van der Waals surface area contributed by atoms with Crippen LogP contribution in [0.5, 0.6) is 0 Å². The van der Waals surface area contributed by atoms with Gasteiger partial charge in [-0.1, -0.05) is 22.0 Å². The van der Waals surface area contributed by atoms with Gasteiger partial charge in [-0.25, -0.2) is 0 Å². The molecule has 1 aliphatic rings. The highest BCUT2D eigenvalue weighted by Crippen LogP contribution is 2.19. The second-order valence-electron chi connectivity index (χ2n) is 4.37. The Bertz CT molecular complexity index is 588. The van der Waals surface area contributed by atoms with Gasteiger partial charge in [-0.3, -0.25) is 0 Å². The molecule has 2 aromatic rings. The smallest absolute Gasteiger partial charge is 0.249 e. The predicted molar refractivity (Wildman–Crippen MR) is 80.3 cm³/mol. The topological polar surface area (TPSA) is 63.2 Å². The molecule has 1 N–H and O–H groups in total. The lowest BCUT2D eigenvalue weighted by Crippen LogP contribution is -2.36. The fourth-order valence-corrected chi connectivity index (χ4v) is 2.39. The van der Waals surface area contributed by atoms with Crippen molar-refractivity contribution in [2.24, 2.45) is 0 Å². The Kier molecular flexibility index (Phi) is 4.08. The van der Waals surface area contributed by atoms with E-state index in [0.29, 0.717) is 5.95 Å². The van der Waals surface area contributed by atoms with Gasteiger partial charge in [0.1, 0.15) is 0 Å². The zero-order valence-corrected chi connectivity index (χ0v) is 12.4. The Labute approximate surface area is 125 Å². The highest BCUT2D eigenvalue weighted by Gasteiger charge is 2.13. The molecule has 1 saturated heterocycles. The Morgan fingerprint density at radius 1 is 1.25 bits per heavy atom. The van der Waals surface area contributed by atoms with Crippen LogP contribution >= 0.6 is 15.9 Å². The fraction of sp³-hybridized carbons (Fsp3) is 0.308. The van der Waals surface area contributed by atoms with E-state index in [-0.39, 0.29) is 0 Å². The van der Waals surface area contributed by atoms with E-state index in [4.69, 9.17) is 4.74 Å². The number of rotatable bonds is 3. The van der Waals surface area contributed by atoms with Gasteiger partial charge in [0.15, 0.2) is 5.82 Å². The molecule has 1 aliphatic heterocycles. The largest absolute Gasteiger partial charge is 0.378 e. The van der Waals surface area contributed by atoms with Crippen LogP contribution in [0.4, 0.5) is 17.5 Å². The first-order valence-electron chi connectivity index (χ1n) is 6.36. The summed E-state index contributed by atoms with van der Waals surface area (Å²) in [5.41, 5.74) is 0.917. The molecule has 0 saturated carbocycles. The first-order chi connectivity index (χ1) is 9.81. The number of benzene rings is 1. The van der Waals surface area contributed by atoms with Gasteiger partial charge in [-0.15, -0.1) is 5.10 Å². The Morgan fingerprint density at radius 2 is 2.10 bits per heavy atom. The van der Waals surface area contributed by atoms with E-state index in [1.807, 2.05) is 24.3 Å². The van der Waals surface area contributed by atoms with E-state index in [2.05, 4.69) is 41.3 Å². The van der Waals surface area contributed by atoms with E-state index in [9.17, 15) is 0 Å². The van der Waals surface area contributed by atoms with Gasteiger partial charge in [0.05, 0.1) is 19.4 Å². The summed E-state index contributed by atoms with van der Waals surface area (Å²) in [7, 11) is 0. The molecule has 0 unspecified atom stereocenters. The van der Waals surface area contributed by atoms with Gasteiger partial charge < -0.3 is 15.0 Å². The molecule has 104 valence electrons. The Balaban J connectivity index is 1.77. The van der Waals surface area contributed by atoms with Crippen LogP contribution in [0.2, 0.25) is 0 Å². The second kappa shape index (κ2) is 6.15. The third-order valence-corrected chi connectivity index (χ3v) is 3.46. The van der Waals surface area contributed by atoms with Crippen molar-refractivity contribution in [3.8, 4) is 0 Å². The number of nitrogens with one attached hydrogen (secondary N) is 1. The van der Waals surface area contributed by atoms with E-state index in [0.717, 1.165) is 42.3 Å². The molecule has 2 heterocycles. The first-order valence-corrected chi connectivity index (χ1v) is 7.15. The number of hydrogen-bond acceptors (Lipinski definition) is 6. The number of aromatic nitrogens is 3. The van der Waals surface area contributed by atoms with Gasteiger partial charge in [-0.2, -0.15) is 10.1 Å². The van der Waals surface area contributed by atoms with Crippen molar-refractivity contribution in [2.75, 3.05) is 36.5 Å². The lowest BCUT2D eigenvalue weighted by molar-refractivity contribution is 0.122. The van der Waals surface area contributed by atoms with Crippen LogP contribution in [0, 0.1) is 0 Å². The summed E-state index contributed by atoms with van der Waals surface area (Å²) < 4.78 is 6.33. The predicted octanol–water partition coefficient (Wildman–Crippen LogP) is 2.21. The molecule has 0 atom stereocenters. The molecule has 0 aliphatic carbocycles. The summed E-state index contributed by atoms with van der Waals surface area (Å²) in [4.78, 5) is 6.63. The van der Waals surface area contributed by atoms with Gasteiger partial charge >= 0.3 is 0 Å². The minimum Gasteiger partial charge on any atom is -0.378 e. The SMILES string of the molecule is Brc1cccc(Nc2nncc(N3CCOCC3)n2)c1. The van der Waals surface area contributed by atoms with E-state index in [1.54, 1.807) is 6.20 Å². The summed E-state index contributed by atoms with van der Waals surface area (Å²) in [6.07, 6.45) is 1.68. The summed E-state index contributed by atoms with van der Waals surface area (Å²) in [6, 6.07) is 7.83. The van der Waals surface area contributed by atoms with Gasteiger partial charge in [0.25, 0.3) is 0 Å². The molecule has 20 heavy (non-hydrogen) atoms. The molecule has 6 nitrogen and oxygen atoms in total. The monoisotopic (exact) mass is 335 g/mol. The maximum atomic E-state index is 5.33. The summed E-state index contributed by atoms with van der Waals surface area (Å²) >= 11 is 3.43. The van der Waals surface area contributed by atoms with Crippen molar-refractivity contribution in [1.82, 2.24) is 15.2 Å². The highest BCUT2D eigenvalue weighted by atomic mass is 79.9. The Morgan fingerprint density at radius 3 is 2.90 bits per heavy atom. The quantitative estimate of drug-likeness (QED) is 0.927. The lowest BCUT2D eigenvalue weighted by atomic mass is 10.3. The second-order valence-corrected chi connectivity index (χ2v) is 5.29. The van der Waals surface area contributed by atoms with Crippen molar-refractivity contribution in [2.45, 2.75) is 0 Å². The normalized spacial score (nSPS) is 15.2. The van der Waals surface area contributed by atoms with E-state index >= 15 is 0 Å². The molecule has 7 heteroatoms. The average Bonchev–Trinajstić information content (AvgIpc) is 2.48. The molecule has 0 spiro atoms. The molecule has 3 rings (SSSR count). The number of ether oxygens (including phenoxy) is 1.